The number of ketones is 1. The average molecular weight is 315 g/mol. The summed E-state index contributed by atoms with van der Waals surface area (Å²) in [7, 11) is 0. The predicted octanol–water partition coefficient (Wildman–Crippen LogP) is 1.79. The number of carbonyl (C=O) groups excluding carboxylic acids is 2. The van der Waals surface area contributed by atoms with Gasteiger partial charge in [0.2, 0.25) is 5.91 Å². The monoisotopic (exact) mass is 315 g/mol. The number of halogens is 2. The molecule has 1 atom stereocenters. The second kappa shape index (κ2) is 9.09. The van der Waals surface area contributed by atoms with E-state index in [-0.39, 0.29) is 18.8 Å². The van der Waals surface area contributed by atoms with Gasteiger partial charge in [-0.1, -0.05) is 0 Å². The summed E-state index contributed by atoms with van der Waals surface area (Å²) in [6.45, 7) is 1.29. The number of amides is 1. The number of hydrogen-bond acceptors (Lipinski definition) is 4. The van der Waals surface area contributed by atoms with Crippen LogP contribution in [0.25, 0.3) is 0 Å². The van der Waals surface area contributed by atoms with Gasteiger partial charge in [-0.2, -0.15) is 0 Å². The summed E-state index contributed by atoms with van der Waals surface area (Å²) >= 11 is 0. The van der Waals surface area contributed by atoms with Crippen LogP contribution in [0.1, 0.15) is 30.1 Å². The van der Waals surface area contributed by atoms with Gasteiger partial charge < -0.3 is 15.2 Å². The van der Waals surface area contributed by atoms with Gasteiger partial charge in [0.05, 0.1) is 6.61 Å². The number of aliphatic hydroxyl groups is 1. The standard InChI is InChI=1S/C15H19F2NO4/c1-10(19)11-4-6-12(7-5-11)22-8-2-3-14(21)18-9-13(20)15(16)17/h4-7,13,15,20H,2-3,8-9H2,1H3,(H,18,21)/t13-/m0/s1. The number of rotatable bonds is 9. The van der Waals surface area contributed by atoms with Crippen LogP contribution in [0.3, 0.4) is 0 Å². The Labute approximate surface area is 127 Å². The highest BCUT2D eigenvalue weighted by Crippen LogP contribution is 2.13. The van der Waals surface area contributed by atoms with Crippen LogP contribution in [0.5, 0.6) is 5.75 Å². The SMILES string of the molecule is CC(=O)c1ccc(OCCCC(=O)NC[C@H](O)C(F)F)cc1. The van der Waals surface area contributed by atoms with Crippen molar-refractivity contribution in [1.29, 1.82) is 0 Å². The molecule has 0 aliphatic heterocycles. The minimum atomic E-state index is -2.87. The van der Waals surface area contributed by atoms with Crippen LogP contribution in [0, 0.1) is 0 Å². The summed E-state index contributed by atoms with van der Waals surface area (Å²) in [4.78, 5) is 22.4. The number of ether oxygens (including phenoxy) is 1. The fourth-order valence-electron chi connectivity index (χ4n) is 1.60. The highest BCUT2D eigenvalue weighted by atomic mass is 19.3. The summed E-state index contributed by atoms with van der Waals surface area (Å²) < 4.78 is 29.4. The van der Waals surface area contributed by atoms with E-state index in [2.05, 4.69) is 5.32 Å². The Morgan fingerprint density at radius 3 is 2.45 bits per heavy atom. The summed E-state index contributed by atoms with van der Waals surface area (Å²) in [6.07, 6.45) is -4.20. The van der Waals surface area contributed by atoms with Gasteiger partial charge >= 0.3 is 0 Å². The lowest BCUT2D eigenvalue weighted by molar-refractivity contribution is -0.122. The van der Waals surface area contributed by atoms with Crippen LogP contribution in [-0.4, -0.2) is 42.5 Å². The Balaban J connectivity index is 2.19. The minimum absolute atomic E-state index is 0.0331. The molecule has 0 heterocycles. The van der Waals surface area contributed by atoms with Crippen molar-refractivity contribution in [2.75, 3.05) is 13.2 Å². The predicted molar refractivity (Wildman–Crippen MR) is 76.2 cm³/mol. The van der Waals surface area contributed by atoms with Crippen molar-refractivity contribution in [3.8, 4) is 5.75 Å². The zero-order valence-corrected chi connectivity index (χ0v) is 12.2. The molecule has 0 aliphatic carbocycles. The first kappa shape index (κ1) is 18.0. The second-order valence-electron chi connectivity index (χ2n) is 4.74. The number of alkyl halides is 2. The van der Waals surface area contributed by atoms with E-state index >= 15 is 0 Å². The molecule has 0 saturated carbocycles. The highest BCUT2D eigenvalue weighted by molar-refractivity contribution is 5.94. The first-order valence-electron chi connectivity index (χ1n) is 6.87. The summed E-state index contributed by atoms with van der Waals surface area (Å²) in [5.74, 6) is 0.128. The number of carbonyl (C=O) groups is 2. The van der Waals surface area contributed by atoms with Crippen molar-refractivity contribution >= 4 is 11.7 Å². The minimum Gasteiger partial charge on any atom is -0.494 e. The lowest BCUT2D eigenvalue weighted by Crippen LogP contribution is -2.35. The zero-order chi connectivity index (χ0) is 16.5. The van der Waals surface area contributed by atoms with Gasteiger partial charge in [0.1, 0.15) is 11.9 Å². The highest BCUT2D eigenvalue weighted by Gasteiger charge is 2.17. The van der Waals surface area contributed by atoms with E-state index in [4.69, 9.17) is 9.84 Å². The number of aliphatic hydroxyl groups excluding tert-OH is 1. The number of nitrogens with one attached hydrogen (secondary N) is 1. The summed E-state index contributed by atoms with van der Waals surface area (Å²) in [5, 5.41) is 11.1. The van der Waals surface area contributed by atoms with Gasteiger partial charge in [-0.15, -0.1) is 0 Å². The van der Waals surface area contributed by atoms with E-state index in [0.29, 0.717) is 17.7 Å². The van der Waals surface area contributed by atoms with Gasteiger partial charge in [-0.3, -0.25) is 9.59 Å². The van der Waals surface area contributed by atoms with Crippen molar-refractivity contribution in [3.05, 3.63) is 29.8 Å². The molecule has 1 aromatic rings. The second-order valence-corrected chi connectivity index (χ2v) is 4.74. The van der Waals surface area contributed by atoms with Gasteiger partial charge in [-0.05, 0) is 37.6 Å². The van der Waals surface area contributed by atoms with Crippen LogP contribution in [-0.2, 0) is 4.79 Å². The molecule has 0 aliphatic rings. The van der Waals surface area contributed by atoms with Gasteiger partial charge in [0, 0.05) is 18.5 Å². The summed E-state index contributed by atoms with van der Waals surface area (Å²) in [6, 6.07) is 6.62. The molecule has 5 nitrogen and oxygen atoms in total. The average Bonchev–Trinajstić information content (AvgIpc) is 2.49. The topological polar surface area (TPSA) is 75.6 Å². The van der Waals surface area contributed by atoms with Crippen LogP contribution in [0.15, 0.2) is 24.3 Å². The van der Waals surface area contributed by atoms with E-state index in [0.717, 1.165) is 0 Å². The van der Waals surface area contributed by atoms with Crippen LogP contribution >= 0.6 is 0 Å². The summed E-state index contributed by atoms with van der Waals surface area (Å²) in [5.41, 5.74) is 0.587. The molecule has 122 valence electrons. The largest absolute Gasteiger partial charge is 0.494 e. The van der Waals surface area contributed by atoms with Crippen molar-refractivity contribution in [1.82, 2.24) is 5.32 Å². The Hall–Kier alpha value is -2.02. The maximum Gasteiger partial charge on any atom is 0.265 e. The molecule has 0 saturated heterocycles. The molecule has 0 unspecified atom stereocenters. The molecular formula is C15H19F2NO4. The molecule has 1 aromatic carbocycles. The fourth-order valence-corrected chi connectivity index (χ4v) is 1.60. The Morgan fingerprint density at radius 2 is 1.91 bits per heavy atom. The van der Waals surface area contributed by atoms with Crippen molar-refractivity contribution in [2.45, 2.75) is 32.3 Å². The molecule has 0 bridgehead atoms. The maximum atomic E-state index is 12.0. The molecule has 7 heteroatoms. The molecular weight excluding hydrogens is 296 g/mol. The third-order valence-corrected chi connectivity index (χ3v) is 2.88. The third kappa shape index (κ3) is 6.62. The van der Waals surface area contributed by atoms with Gasteiger partial charge in [0.25, 0.3) is 6.43 Å². The molecule has 0 fully saturated rings. The lowest BCUT2D eigenvalue weighted by atomic mass is 10.1. The molecule has 1 rings (SSSR count). The van der Waals surface area contributed by atoms with E-state index < -0.39 is 25.0 Å². The van der Waals surface area contributed by atoms with Crippen LogP contribution < -0.4 is 10.1 Å². The van der Waals surface area contributed by atoms with E-state index in [1.807, 2.05) is 0 Å². The van der Waals surface area contributed by atoms with E-state index in [1.165, 1.54) is 6.92 Å². The van der Waals surface area contributed by atoms with Gasteiger partial charge in [0.15, 0.2) is 5.78 Å². The lowest BCUT2D eigenvalue weighted by Gasteiger charge is -2.11. The quantitative estimate of drug-likeness (QED) is 0.538. The molecule has 2 N–H and O–H groups in total. The Bertz CT molecular complexity index is 491. The molecule has 22 heavy (non-hydrogen) atoms. The first-order valence-corrected chi connectivity index (χ1v) is 6.87. The van der Waals surface area contributed by atoms with E-state index in [1.54, 1.807) is 24.3 Å². The van der Waals surface area contributed by atoms with Crippen molar-refractivity contribution in [3.63, 3.8) is 0 Å². The Kier molecular flexibility index (Phi) is 7.45. The van der Waals surface area contributed by atoms with Gasteiger partial charge in [-0.25, -0.2) is 8.78 Å². The number of hydrogen-bond donors (Lipinski definition) is 2. The van der Waals surface area contributed by atoms with Crippen molar-refractivity contribution < 1.29 is 28.2 Å². The third-order valence-electron chi connectivity index (χ3n) is 2.88. The maximum absolute atomic E-state index is 12.0. The smallest absolute Gasteiger partial charge is 0.265 e. The fraction of sp³-hybridized carbons (Fsp3) is 0.467. The van der Waals surface area contributed by atoms with Crippen molar-refractivity contribution in [2.24, 2.45) is 0 Å². The first-order chi connectivity index (χ1) is 10.4. The molecule has 0 aromatic heterocycles. The zero-order valence-electron chi connectivity index (χ0n) is 12.2. The number of Topliss-reactive ketones (excluding diaryl/α,β-unsaturated/α-hetero) is 1. The molecule has 1 amide bonds. The molecule has 0 spiro atoms. The van der Waals surface area contributed by atoms with Crippen LogP contribution in [0.4, 0.5) is 8.78 Å². The molecule has 0 radical (unpaired) electrons. The normalized spacial score (nSPS) is 12.0. The van der Waals surface area contributed by atoms with Crippen LogP contribution in [0.2, 0.25) is 0 Å². The van der Waals surface area contributed by atoms with E-state index in [9.17, 15) is 18.4 Å². The Morgan fingerprint density at radius 1 is 1.27 bits per heavy atom. The number of benzene rings is 1.